The van der Waals surface area contributed by atoms with Crippen molar-refractivity contribution in [1.82, 2.24) is 0 Å². The van der Waals surface area contributed by atoms with E-state index in [0.717, 1.165) is 12.8 Å². The third kappa shape index (κ3) is 3.16. The molecule has 15 heavy (non-hydrogen) atoms. The Bertz CT molecular complexity index is 302. The smallest absolute Gasteiger partial charge is 0.150 e. The van der Waals surface area contributed by atoms with Gasteiger partial charge in [-0.2, -0.15) is 0 Å². The van der Waals surface area contributed by atoms with E-state index < -0.39 is 9.84 Å². The molecule has 0 bridgehead atoms. The van der Waals surface area contributed by atoms with Crippen LogP contribution in [-0.2, 0) is 14.6 Å². The van der Waals surface area contributed by atoms with Crippen LogP contribution in [0.4, 0.5) is 0 Å². The minimum absolute atomic E-state index is 0.107. The lowest BCUT2D eigenvalue weighted by atomic mass is 9.87. The molecular formula is C10H21NO3S. The van der Waals surface area contributed by atoms with Crippen molar-refractivity contribution < 1.29 is 13.2 Å². The maximum absolute atomic E-state index is 11.4. The Labute approximate surface area is 92.1 Å². The molecule has 0 aromatic heterocycles. The fraction of sp³-hybridized carbons (Fsp3) is 1.00. The molecule has 4 nitrogen and oxygen atoms in total. The van der Waals surface area contributed by atoms with Crippen LogP contribution in [0.2, 0.25) is 0 Å². The summed E-state index contributed by atoms with van der Waals surface area (Å²) in [5.41, 5.74) is 5.63. The summed E-state index contributed by atoms with van der Waals surface area (Å²) in [6, 6.07) is 0. The lowest BCUT2D eigenvalue weighted by Crippen LogP contribution is -2.34. The molecule has 0 aromatic carbocycles. The Morgan fingerprint density at radius 3 is 2.60 bits per heavy atom. The third-order valence-electron chi connectivity index (χ3n) is 3.31. The molecule has 0 radical (unpaired) electrons. The standard InChI is InChI=1S/C10H21NO3S/c1-3-14-8-10(7-11)5-4-9(6-10)15(2,12)13/h9H,3-8,11H2,1-2H3/t9-,10-/m0/s1. The number of hydrogen-bond donors (Lipinski definition) is 1. The summed E-state index contributed by atoms with van der Waals surface area (Å²) in [6.07, 6.45) is 3.55. The van der Waals surface area contributed by atoms with E-state index in [-0.39, 0.29) is 10.7 Å². The Morgan fingerprint density at radius 1 is 1.53 bits per heavy atom. The molecule has 90 valence electrons. The molecule has 1 saturated carbocycles. The second kappa shape index (κ2) is 4.80. The maximum Gasteiger partial charge on any atom is 0.150 e. The minimum Gasteiger partial charge on any atom is -0.381 e. The molecule has 1 aliphatic rings. The van der Waals surface area contributed by atoms with E-state index in [2.05, 4.69) is 0 Å². The first-order chi connectivity index (χ1) is 6.93. The predicted octanol–water partition coefficient (Wildman–Crippen LogP) is 0.565. The van der Waals surface area contributed by atoms with E-state index in [1.807, 2.05) is 6.92 Å². The average molecular weight is 235 g/mol. The molecule has 0 spiro atoms. The van der Waals surface area contributed by atoms with Gasteiger partial charge in [-0.05, 0) is 26.2 Å². The first-order valence-electron chi connectivity index (χ1n) is 5.40. The molecule has 0 aromatic rings. The summed E-state index contributed by atoms with van der Waals surface area (Å²) < 4.78 is 28.3. The van der Waals surface area contributed by atoms with Gasteiger partial charge in [-0.25, -0.2) is 8.42 Å². The first kappa shape index (κ1) is 12.9. The lowest BCUT2D eigenvalue weighted by molar-refractivity contribution is 0.0589. The van der Waals surface area contributed by atoms with E-state index in [9.17, 15) is 8.42 Å². The Balaban J connectivity index is 2.65. The predicted molar refractivity (Wildman–Crippen MR) is 60.5 cm³/mol. The highest BCUT2D eigenvalue weighted by molar-refractivity contribution is 7.91. The van der Waals surface area contributed by atoms with Crippen molar-refractivity contribution >= 4 is 9.84 Å². The van der Waals surface area contributed by atoms with Crippen molar-refractivity contribution in [3.05, 3.63) is 0 Å². The normalized spacial score (nSPS) is 32.1. The summed E-state index contributed by atoms with van der Waals surface area (Å²) in [6.45, 7) is 3.70. The number of nitrogens with two attached hydrogens (primary N) is 1. The van der Waals surface area contributed by atoms with Crippen molar-refractivity contribution in [2.24, 2.45) is 11.1 Å². The highest BCUT2D eigenvalue weighted by Gasteiger charge is 2.42. The number of ether oxygens (including phenoxy) is 1. The lowest BCUT2D eigenvalue weighted by Gasteiger charge is -2.26. The van der Waals surface area contributed by atoms with Crippen LogP contribution < -0.4 is 5.73 Å². The highest BCUT2D eigenvalue weighted by atomic mass is 32.2. The average Bonchev–Trinajstić information content (AvgIpc) is 2.59. The van der Waals surface area contributed by atoms with Crippen molar-refractivity contribution in [3.63, 3.8) is 0 Å². The van der Waals surface area contributed by atoms with Gasteiger partial charge in [-0.15, -0.1) is 0 Å². The monoisotopic (exact) mass is 235 g/mol. The number of hydrogen-bond acceptors (Lipinski definition) is 4. The van der Waals surface area contributed by atoms with E-state index in [1.54, 1.807) is 0 Å². The van der Waals surface area contributed by atoms with Crippen LogP contribution in [0, 0.1) is 5.41 Å². The van der Waals surface area contributed by atoms with Gasteiger partial charge in [0.1, 0.15) is 9.84 Å². The SMILES string of the molecule is CCOC[C@@]1(CN)CC[C@H](S(C)(=O)=O)C1. The zero-order valence-electron chi connectivity index (χ0n) is 9.53. The van der Waals surface area contributed by atoms with Crippen LogP contribution in [-0.4, -0.2) is 39.7 Å². The van der Waals surface area contributed by atoms with Crippen molar-refractivity contribution in [2.45, 2.75) is 31.4 Å². The van der Waals surface area contributed by atoms with Gasteiger partial charge < -0.3 is 10.5 Å². The van der Waals surface area contributed by atoms with Gasteiger partial charge in [-0.3, -0.25) is 0 Å². The first-order valence-corrected chi connectivity index (χ1v) is 7.36. The number of sulfone groups is 1. The quantitative estimate of drug-likeness (QED) is 0.756. The second-order valence-corrected chi connectivity index (χ2v) is 6.86. The highest BCUT2D eigenvalue weighted by Crippen LogP contribution is 2.40. The molecule has 1 fully saturated rings. The Kier molecular flexibility index (Phi) is 4.14. The minimum atomic E-state index is -2.92. The van der Waals surface area contributed by atoms with Crippen LogP contribution in [0.25, 0.3) is 0 Å². The second-order valence-electron chi connectivity index (χ2n) is 4.54. The fourth-order valence-corrected chi connectivity index (χ4v) is 3.42. The van der Waals surface area contributed by atoms with E-state index >= 15 is 0 Å². The largest absolute Gasteiger partial charge is 0.381 e. The summed E-state index contributed by atoms with van der Waals surface area (Å²) >= 11 is 0. The molecule has 2 atom stereocenters. The molecule has 0 unspecified atom stereocenters. The summed E-state index contributed by atoms with van der Waals surface area (Å²) in [5, 5.41) is -0.221. The van der Waals surface area contributed by atoms with Gasteiger partial charge in [0.2, 0.25) is 0 Å². The fourth-order valence-electron chi connectivity index (χ4n) is 2.21. The molecular weight excluding hydrogens is 214 g/mol. The van der Waals surface area contributed by atoms with Crippen molar-refractivity contribution in [3.8, 4) is 0 Å². The topological polar surface area (TPSA) is 69.4 Å². The molecule has 0 amide bonds. The van der Waals surface area contributed by atoms with Crippen LogP contribution in [0.15, 0.2) is 0 Å². The van der Waals surface area contributed by atoms with Crippen LogP contribution in [0.5, 0.6) is 0 Å². The van der Waals surface area contributed by atoms with Crippen molar-refractivity contribution in [2.75, 3.05) is 26.0 Å². The molecule has 1 rings (SSSR count). The van der Waals surface area contributed by atoms with Crippen molar-refractivity contribution in [1.29, 1.82) is 0 Å². The molecule has 0 saturated heterocycles. The zero-order valence-corrected chi connectivity index (χ0v) is 10.3. The van der Waals surface area contributed by atoms with Gasteiger partial charge >= 0.3 is 0 Å². The van der Waals surface area contributed by atoms with E-state index in [0.29, 0.717) is 26.2 Å². The Hall–Kier alpha value is -0.130. The summed E-state index contributed by atoms with van der Waals surface area (Å²) in [4.78, 5) is 0. The van der Waals surface area contributed by atoms with Crippen LogP contribution >= 0.6 is 0 Å². The summed E-state index contributed by atoms with van der Waals surface area (Å²) in [5.74, 6) is 0. The maximum atomic E-state index is 11.4. The van der Waals surface area contributed by atoms with Gasteiger partial charge in [0.15, 0.2) is 0 Å². The molecule has 0 aliphatic heterocycles. The van der Waals surface area contributed by atoms with Crippen LogP contribution in [0.3, 0.4) is 0 Å². The number of rotatable bonds is 5. The summed E-state index contributed by atoms with van der Waals surface area (Å²) in [7, 11) is -2.92. The van der Waals surface area contributed by atoms with Gasteiger partial charge in [0.25, 0.3) is 0 Å². The molecule has 0 heterocycles. The molecule has 5 heteroatoms. The van der Waals surface area contributed by atoms with E-state index in [4.69, 9.17) is 10.5 Å². The molecule has 1 aliphatic carbocycles. The zero-order chi connectivity index (χ0) is 11.5. The Morgan fingerprint density at radius 2 is 2.20 bits per heavy atom. The van der Waals surface area contributed by atoms with E-state index in [1.165, 1.54) is 6.26 Å². The van der Waals surface area contributed by atoms with Gasteiger partial charge in [0.05, 0.1) is 11.9 Å². The van der Waals surface area contributed by atoms with Gasteiger partial charge in [0, 0.05) is 24.8 Å². The van der Waals surface area contributed by atoms with Gasteiger partial charge in [-0.1, -0.05) is 0 Å². The molecule has 2 N–H and O–H groups in total. The third-order valence-corrected chi connectivity index (χ3v) is 4.92. The van der Waals surface area contributed by atoms with Crippen LogP contribution in [0.1, 0.15) is 26.2 Å².